The molecule has 0 spiro atoms. The largest absolute Gasteiger partial charge is 0.381 e. The van der Waals surface area contributed by atoms with Gasteiger partial charge < -0.3 is 10.1 Å². The molecule has 0 atom stereocenters. The van der Waals surface area contributed by atoms with Crippen LogP contribution in [0.3, 0.4) is 0 Å². The maximum absolute atomic E-state index is 5.36. The Kier molecular flexibility index (Phi) is 4.38. The first-order valence-corrected chi connectivity index (χ1v) is 6.91. The normalized spacial score (nSPS) is 17.9. The highest BCUT2D eigenvalue weighted by molar-refractivity contribution is 7.12. The molecule has 0 radical (unpaired) electrons. The first-order chi connectivity index (χ1) is 7.75. The lowest BCUT2D eigenvalue weighted by molar-refractivity contribution is 0.0662. The van der Waals surface area contributed by atoms with Gasteiger partial charge in [-0.15, -0.1) is 11.3 Å². The van der Waals surface area contributed by atoms with Crippen LogP contribution in [0.5, 0.6) is 0 Å². The van der Waals surface area contributed by atoms with E-state index < -0.39 is 0 Å². The van der Waals surface area contributed by atoms with Gasteiger partial charge in [0.2, 0.25) is 0 Å². The SMILES string of the molecule is Cc1cc(CNCC2CCOCC2)sc1C. The van der Waals surface area contributed by atoms with Crippen LogP contribution in [-0.2, 0) is 11.3 Å². The average molecular weight is 239 g/mol. The Morgan fingerprint density at radius 1 is 1.38 bits per heavy atom. The molecule has 0 unspecified atom stereocenters. The van der Waals surface area contributed by atoms with Gasteiger partial charge in [-0.05, 0) is 50.8 Å². The van der Waals surface area contributed by atoms with Crippen molar-refractivity contribution in [2.24, 2.45) is 5.92 Å². The molecule has 1 saturated heterocycles. The van der Waals surface area contributed by atoms with Gasteiger partial charge >= 0.3 is 0 Å². The highest BCUT2D eigenvalue weighted by Crippen LogP contribution is 2.20. The molecule has 0 bridgehead atoms. The molecule has 1 aromatic rings. The topological polar surface area (TPSA) is 21.3 Å². The molecule has 1 fully saturated rings. The second-order valence-electron chi connectivity index (χ2n) is 4.64. The number of rotatable bonds is 4. The summed E-state index contributed by atoms with van der Waals surface area (Å²) in [5.74, 6) is 0.816. The number of thiophene rings is 1. The monoisotopic (exact) mass is 239 g/mol. The Morgan fingerprint density at radius 2 is 2.12 bits per heavy atom. The zero-order chi connectivity index (χ0) is 11.4. The molecule has 0 saturated carbocycles. The Labute approximate surface area is 102 Å². The molecule has 1 aliphatic heterocycles. The summed E-state index contributed by atoms with van der Waals surface area (Å²) < 4.78 is 5.36. The van der Waals surface area contributed by atoms with Gasteiger partial charge in [-0.25, -0.2) is 0 Å². The molecule has 2 heterocycles. The summed E-state index contributed by atoms with van der Waals surface area (Å²) in [7, 11) is 0. The van der Waals surface area contributed by atoms with Gasteiger partial charge in [0, 0.05) is 29.5 Å². The third kappa shape index (κ3) is 3.30. The number of hydrogen-bond donors (Lipinski definition) is 1. The van der Waals surface area contributed by atoms with Crippen molar-refractivity contribution in [1.29, 1.82) is 0 Å². The molecule has 2 rings (SSSR count). The molecule has 1 N–H and O–H groups in total. The van der Waals surface area contributed by atoms with E-state index in [1.54, 1.807) is 0 Å². The molecule has 0 aromatic carbocycles. The van der Waals surface area contributed by atoms with Gasteiger partial charge in [0.25, 0.3) is 0 Å². The van der Waals surface area contributed by atoms with Gasteiger partial charge in [-0.1, -0.05) is 0 Å². The molecule has 1 aliphatic rings. The molecule has 1 aromatic heterocycles. The third-order valence-electron chi connectivity index (χ3n) is 3.29. The fourth-order valence-electron chi connectivity index (χ4n) is 2.09. The lowest BCUT2D eigenvalue weighted by atomic mass is 10.0. The van der Waals surface area contributed by atoms with Crippen molar-refractivity contribution in [1.82, 2.24) is 5.32 Å². The van der Waals surface area contributed by atoms with Crippen molar-refractivity contribution in [2.75, 3.05) is 19.8 Å². The molecule has 2 nitrogen and oxygen atoms in total. The van der Waals surface area contributed by atoms with Crippen LogP contribution in [0.25, 0.3) is 0 Å². The molecular weight excluding hydrogens is 218 g/mol. The maximum atomic E-state index is 5.36. The highest BCUT2D eigenvalue weighted by atomic mass is 32.1. The fourth-order valence-corrected chi connectivity index (χ4v) is 3.11. The van der Waals surface area contributed by atoms with Crippen LogP contribution in [0, 0.1) is 19.8 Å². The summed E-state index contributed by atoms with van der Waals surface area (Å²) in [4.78, 5) is 2.91. The fraction of sp³-hybridized carbons (Fsp3) is 0.692. The van der Waals surface area contributed by atoms with Gasteiger partial charge in [0.15, 0.2) is 0 Å². The van der Waals surface area contributed by atoms with Crippen LogP contribution < -0.4 is 5.32 Å². The van der Waals surface area contributed by atoms with Crippen molar-refractivity contribution < 1.29 is 4.74 Å². The van der Waals surface area contributed by atoms with Gasteiger partial charge in [0.05, 0.1) is 0 Å². The van der Waals surface area contributed by atoms with Crippen molar-refractivity contribution in [3.63, 3.8) is 0 Å². The molecule has 3 heteroatoms. The molecule has 90 valence electrons. The standard InChI is InChI=1S/C13H21NOS/c1-10-7-13(16-11(10)2)9-14-8-12-3-5-15-6-4-12/h7,12,14H,3-6,8-9H2,1-2H3. The number of hydrogen-bond acceptors (Lipinski definition) is 3. The smallest absolute Gasteiger partial charge is 0.0469 e. The summed E-state index contributed by atoms with van der Waals surface area (Å²) in [5.41, 5.74) is 1.42. The Hall–Kier alpha value is -0.380. The Bertz CT molecular complexity index is 309. The van der Waals surface area contributed by atoms with Crippen LogP contribution in [0.4, 0.5) is 0 Å². The number of ether oxygens (including phenoxy) is 1. The summed E-state index contributed by atoms with van der Waals surface area (Å²) in [6, 6.07) is 2.30. The number of aryl methyl sites for hydroxylation is 2. The first kappa shape index (κ1) is 12.1. The van der Waals surface area contributed by atoms with E-state index >= 15 is 0 Å². The summed E-state index contributed by atoms with van der Waals surface area (Å²) in [6.45, 7) is 8.44. The van der Waals surface area contributed by atoms with Crippen LogP contribution >= 0.6 is 11.3 Å². The van der Waals surface area contributed by atoms with Crippen LogP contribution in [0.15, 0.2) is 6.07 Å². The molecule has 0 aliphatic carbocycles. The maximum Gasteiger partial charge on any atom is 0.0469 e. The summed E-state index contributed by atoms with van der Waals surface area (Å²) >= 11 is 1.91. The van der Waals surface area contributed by atoms with E-state index in [1.807, 2.05) is 11.3 Å². The molecule has 16 heavy (non-hydrogen) atoms. The lowest BCUT2D eigenvalue weighted by Gasteiger charge is -2.22. The number of nitrogens with one attached hydrogen (secondary N) is 1. The van der Waals surface area contributed by atoms with Crippen molar-refractivity contribution in [3.8, 4) is 0 Å². The van der Waals surface area contributed by atoms with Crippen molar-refractivity contribution in [3.05, 3.63) is 21.4 Å². The van der Waals surface area contributed by atoms with E-state index in [2.05, 4.69) is 25.2 Å². The van der Waals surface area contributed by atoms with E-state index in [-0.39, 0.29) is 0 Å². The predicted molar refractivity (Wildman–Crippen MR) is 69.0 cm³/mol. The minimum absolute atomic E-state index is 0.816. The third-order valence-corrected chi connectivity index (χ3v) is 4.44. The second-order valence-corrected chi connectivity index (χ2v) is 5.98. The van der Waals surface area contributed by atoms with Crippen molar-refractivity contribution in [2.45, 2.75) is 33.2 Å². The van der Waals surface area contributed by atoms with E-state index in [9.17, 15) is 0 Å². The van der Waals surface area contributed by atoms with Gasteiger partial charge in [0.1, 0.15) is 0 Å². The summed E-state index contributed by atoms with van der Waals surface area (Å²) in [5, 5.41) is 3.57. The van der Waals surface area contributed by atoms with E-state index in [1.165, 1.54) is 28.2 Å². The van der Waals surface area contributed by atoms with Crippen molar-refractivity contribution >= 4 is 11.3 Å². The Morgan fingerprint density at radius 3 is 2.75 bits per heavy atom. The minimum Gasteiger partial charge on any atom is -0.381 e. The van der Waals surface area contributed by atoms with Gasteiger partial charge in [-0.2, -0.15) is 0 Å². The minimum atomic E-state index is 0.816. The van der Waals surface area contributed by atoms with Crippen LogP contribution in [0.2, 0.25) is 0 Å². The average Bonchev–Trinajstić information content (AvgIpc) is 2.60. The molecule has 0 amide bonds. The zero-order valence-corrected chi connectivity index (χ0v) is 11.0. The first-order valence-electron chi connectivity index (χ1n) is 6.10. The van der Waals surface area contributed by atoms with E-state index in [4.69, 9.17) is 4.74 Å². The van der Waals surface area contributed by atoms with Crippen LogP contribution in [0.1, 0.15) is 28.2 Å². The lowest BCUT2D eigenvalue weighted by Crippen LogP contribution is -2.27. The van der Waals surface area contributed by atoms with Crippen LogP contribution in [-0.4, -0.2) is 19.8 Å². The van der Waals surface area contributed by atoms with Gasteiger partial charge in [-0.3, -0.25) is 0 Å². The highest BCUT2D eigenvalue weighted by Gasteiger charge is 2.13. The quantitative estimate of drug-likeness (QED) is 0.872. The molecular formula is C13H21NOS. The Balaban J connectivity index is 1.71. The van der Waals surface area contributed by atoms with E-state index in [0.717, 1.165) is 32.2 Å². The zero-order valence-electron chi connectivity index (χ0n) is 10.2. The second kappa shape index (κ2) is 5.80. The summed E-state index contributed by atoms with van der Waals surface area (Å²) in [6.07, 6.45) is 2.44. The predicted octanol–water partition coefficient (Wildman–Crippen LogP) is 2.88. The van der Waals surface area contributed by atoms with E-state index in [0.29, 0.717) is 0 Å².